The number of aromatic nitrogens is 4. The lowest BCUT2D eigenvalue weighted by Gasteiger charge is -2.17. The molecular formula is C18H30N4OSi. The van der Waals surface area contributed by atoms with E-state index in [1.165, 1.54) is 6.04 Å². The highest BCUT2D eigenvalue weighted by molar-refractivity contribution is 6.76. The monoisotopic (exact) mass is 346 g/mol. The van der Waals surface area contributed by atoms with Crippen LogP contribution < -0.4 is 0 Å². The van der Waals surface area contributed by atoms with Crippen molar-refractivity contribution in [2.75, 3.05) is 6.61 Å². The third kappa shape index (κ3) is 5.53. The molecule has 0 amide bonds. The van der Waals surface area contributed by atoms with Gasteiger partial charge in [-0.1, -0.05) is 33.0 Å². The average molecular weight is 347 g/mol. The summed E-state index contributed by atoms with van der Waals surface area (Å²) >= 11 is 0. The van der Waals surface area contributed by atoms with Gasteiger partial charge >= 0.3 is 0 Å². The molecule has 0 bridgehead atoms. The van der Waals surface area contributed by atoms with Gasteiger partial charge in [0.05, 0.1) is 17.6 Å². The van der Waals surface area contributed by atoms with Crippen LogP contribution in [0.15, 0.2) is 18.3 Å². The number of ether oxygens (including phenoxy) is 1. The summed E-state index contributed by atoms with van der Waals surface area (Å²) in [5.41, 5.74) is 2.76. The highest BCUT2D eigenvalue weighted by Crippen LogP contribution is 2.20. The van der Waals surface area contributed by atoms with Crippen molar-refractivity contribution in [2.45, 2.75) is 65.5 Å². The fourth-order valence-electron chi connectivity index (χ4n) is 2.37. The van der Waals surface area contributed by atoms with Gasteiger partial charge in [-0.25, -0.2) is 4.98 Å². The van der Waals surface area contributed by atoms with E-state index >= 15 is 0 Å². The topological polar surface area (TPSA) is 52.8 Å². The molecule has 0 saturated heterocycles. The van der Waals surface area contributed by atoms with E-state index in [4.69, 9.17) is 4.74 Å². The zero-order valence-electron chi connectivity index (χ0n) is 15.7. The quantitative estimate of drug-likeness (QED) is 0.502. The van der Waals surface area contributed by atoms with Crippen LogP contribution in [0.2, 0.25) is 25.7 Å². The summed E-state index contributed by atoms with van der Waals surface area (Å²) in [6.45, 7) is 12.6. The molecule has 2 rings (SSSR count). The molecule has 0 aromatic carbocycles. The largest absolute Gasteiger partial charge is 0.361 e. The predicted molar refractivity (Wildman–Crippen MR) is 101 cm³/mol. The molecule has 2 aromatic heterocycles. The summed E-state index contributed by atoms with van der Waals surface area (Å²) in [4.78, 5) is 4.60. The van der Waals surface area contributed by atoms with Gasteiger partial charge in [-0.3, -0.25) is 0 Å². The summed E-state index contributed by atoms with van der Waals surface area (Å²) in [6.07, 6.45) is 5.15. The van der Waals surface area contributed by atoms with Gasteiger partial charge in [0, 0.05) is 21.1 Å². The maximum Gasteiger partial charge on any atom is 0.124 e. The van der Waals surface area contributed by atoms with Crippen LogP contribution in [0.1, 0.15) is 31.3 Å². The molecule has 2 aromatic rings. The Kier molecular flexibility index (Phi) is 6.68. The van der Waals surface area contributed by atoms with Gasteiger partial charge in [-0.15, -0.1) is 5.10 Å². The molecule has 0 radical (unpaired) electrons. The Bertz CT molecular complexity index is 631. The van der Waals surface area contributed by atoms with E-state index in [0.717, 1.165) is 48.8 Å². The minimum Gasteiger partial charge on any atom is -0.361 e. The van der Waals surface area contributed by atoms with Gasteiger partial charge in [-0.2, -0.15) is 5.10 Å². The molecule has 0 unspecified atom stereocenters. The summed E-state index contributed by atoms with van der Waals surface area (Å²) in [5.74, 6) is 1.07. The first-order valence-electron chi connectivity index (χ1n) is 8.83. The Hall–Kier alpha value is -1.53. The van der Waals surface area contributed by atoms with Crippen LogP contribution in [0.4, 0.5) is 0 Å². The second-order valence-corrected chi connectivity index (χ2v) is 13.1. The van der Waals surface area contributed by atoms with Gasteiger partial charge in [-0.05, 0) is 31.5 Å². The molecule has 0 aliphatic heterocycles. The number of aryl methyl sites for hydroxylation is 2. The lowest BCUT2D eigenvalue weighted by atomic mass is 10.2. The highest BCUT2D eigenvalue weighted by Gasteiger charge is 2.15. The molecule has 0 aliphatic carbocycles. The fraction of sp³-hybridized carbons (Fsp3) is 0.611. The Morgan fingerprint density at radius 2 is 1.96 bits per heavy atom. The van der Waals surface area contributed by atoms with Crippen LogP contribution in [0, 0.1) is 6.92 Å². The molecule has 132 valence electrons. The fourth-order valence-corrected chi connectivity index (χ4v) is 3.12. The number of rotatable bonds is 9. The molecule has 0 spiro atoms. The normalized spacial score (nSPS) is 11.9. The number of hydrogen-bond acceptors (Lipinski definition) is 4. The molecule has 6 heteroatoms. The van der Waals surface area contributed by atoms with Crippen molar-refractivity contribution in [3.63, 3.8) is 0 Å². The summed E-state index contributed by atoms with van der Waals surface area (Å²) in [7, 11) is -1.07. The van der Waals surface area contributed by atoms with Gasteiger partial charge < -0.3 is 9.30 Å². The first-order valence-corrected chi connectivity index (χ1v) is 12.5. The maximum atomic E-state index is 5.97. The number of unbranched alkanes of at least 4 members (excludes halogenated alkanes) is 1. The minimum absolute atomic E-state index is 0.536. The van der Waals surface area contributed by atoms with Crippen molar-refractivity contribution in [1.29, 1.82) is 0 Å². The first-order chi connectivity index (χ1) is 11.4. The predicted octanol–water partition coefficient (Wildman–Crippen LogP) is 4.30. The van der Waals surface area contributed by atoms with Crippen molar-refractivity contribution in [3.8, 4) is 11.4 Å². The standard InChI is InChI=1S/C18H30N4OSi/c1-6-7-8-18-19-13-17(16-10-9-15(2)20-21-16)22(18)14-23-11-12-24(3,4)5/h9-10,13H,6-8,11-12,14H2,1-5H3. The summed E-state index contributed by atoms with van der Waals surface area (Å²) < 4.78 is 8.12. The average Bonchev–Trinajstić information content (AvgIpc) is 2.92. The third-order valence-electron chi connectivity index (χ3n) is 3.97. The van der Waals surface area contributed by atoms with Crippen molar-refractivity contribution >= 4 is 8.07 Å². The van der Waals surface area contributed by atoms with Crippen molar-refractivity contribution < 1.29 is 4.74 Å². The van der Waals surface area contributed by atoms with E-state index in [-0.39, 0.29) is 0 Å². The Morgan fingerprint density at radius 3 is 2.58 bits per heavy atom. The minimum atomic E-state index is -1.07. The summed E-state index contributed by atoms with van der Waals surface area (Å²) in [6, 6.07) is 5.16. The van der Waals surface area contributed by atoms with Crippen LogP contribution in [-0.2, 0) is 17.9 Å². The Morgan fingerprint density at radius 1 is 1.17 bits per heavy atom. The lowest BCUT2D eigenvalue weighted by Crippen LogP contribution is -2.22. The molecule has 0 atom stereocenters. The van der Waals surface area contributed by atoms with E-state index in [1.807, 2.05) is 25.3 Å². The Balaban J connectivity index is 2.14. The molecule has 24 heavy (non-hydrogen) atoms. The Labute approximate surface area is 146 Å². The number of hydrogen-bond donors (Lipinski definition) is 0. The highest BCUT2D eigenvalue weighted by atomic mass is 28.3. The molecule has 0 N–H and O–H groups in total. The van der Waals surface area contributed by atoms with Crippen molar-refractivity contribution in [2.24, 2.45) is 0 Å². The first kappa shape index (κ1) is 18.8. The van der Waals surface area contributed by atoms with Gasteiger partial charge in [0.1, 0.15) is 18.2 Å². The number of imidazole rings is 1. The van der Waals surface area contributed by atoms with Crippen molar-refractivity contribution in [3.05, 3.63) is 29.8 Å². The van der Waals surface area contributed by atoms with E-state index in [0.29, 0.717) is 6.73 Å². The van der Waals surface area contributed by atoms with Crippen LogP contribution in [-0.4, -0.2) is 34.4 Å². The van der Waals surface area contributed by atoms with E-state index in [1.54, 1.807) is 0 Å². The van der Waals surface area contributed by atoms with Crippen LogP contribution in [0.3, 0.4) is 0 Å². The van der Waals surface area contributed by atoms with Gasteiger partial charge in [0.25, 0.3) is 0 Å². The van der Waals surface area contributed by atoms with Crippen LogP contribution in [0.25, 0.3) is 11.4 Å². The molecule has 0 saturated carbocycles. The second kappa shape index (κ2) is 8.53. The van der Waals surface area contributed by atoms with Crippen molar-refractivity contribution in [1.82, 2.24) is 19.7 Å². The van der Waals surface area contributed by atoms with Gasteiger partial charge in [0.15, 0.2) is 0 Å². The van der Waals surface area contributed by atoms with E-state index in [9.17, 15) is 0 Å². The number of nitrogens with zero attached hydrogens (tertiary/aromatic N) is 4. The lowest BCUT2D eigenvalue weighted by molar-refractivity contribution is 0.0861. The molecule has 0 aliphatic rings. The van der Waals surface area contributed by atoms with E-state index in [2.05, 4.69) is 46.3 Å². The molecule has 2 heterocycles. The molecule has 5 nitrogen and oxygen atoms in total. The van der Waals surface area contributed by atoms with Crippen LogP contribution >= 0.6 is 0 Å². The zero-order chi connectivity index (χ0) is 17.6. The third-order valence-corrected chi connectivity index (χ3v) is 5.67. The summed E-state index contributed by atoms with van der Waals surface area (Å²) in [5, 5.41) is 8.48. The van der Waals surface area contributed by atoms with Crippen LogP contribution in [0.5, 0.6) is 0 Å². The maximum absolute atomic E-state index is 5.97. The zero-order valence-corrected chi connectivity index (χ0v) is 16.7. The smallest absolute Gasteiger partial charge is 0.124 e. The molecular weight excluding hydrogens is 316 g/mol. The molecule has 0 fully saturated rings. The SMILES string of the molecule is CCCCc1ncc(-c2ccc(C)nn2)n1COCC[Si](C)(C)C. The second-order valence-electron chi connectivity index (χ2n) is 7.50. The van der Waals surface area contributed by atoms with Gasteiger partial charge in [0.2, 0.25) is 0 Å². The van der Waals surface area contributed by atoms with E-state index < -0.39 is 8.07 Å².